The van der Waals surface area contributed by atoms with Gasteiger partial charge in [-0.2, -0.15) is 5.10 Å². The van der Waals surface area contributed by atoms with E-state index in [2.05, 4.69) is 70.1 Å². The molecule has 1 aromatic heterocycles. The van der Waals surface area contributed by atoms with Crippen molar-refractivity contribution in [3.05, 3.63) is 77.6 Å². The highest BCUT2D eigenvalue weighted by Crippen LogP contribution is 2.25. The summed E-state index contributed by atoms with van der Waals surface area (Å²) in [4.78, 5) is 4.37. The first-order chi connectivity index (χ1) is 14.2. The van der Waals surface area contributed by atoms with Crippen LogP contribution in [0, 0.1) is 0 Å². The fourth-order valence-corrected chi connectivity index (χ4v) is 3.56. The lowest BCUT2D eigenvalue weighted by Gasteiger charge is -2.19. The summed E-state index contributed by atoms with van der Waals surface area (Å²) >= 11 is 0. The Hall–Kier alpha value is -3.28. The first-order valence-electron chi connectivity index (χ1n) is 10.0. The Bertz CT molecular complexity index is 981. The van der Waals surface area contributed by atoms with Crippen molar-refractivity contribution in [2.75, 3.05) is 20.2 Å². The molecule has 0 spiro atoms. The lowest BCUT2D eigenvalue weighted by molar-refractivity contribution is 0.357. The Morgan fingerprint density at radius 2 is 2.17 bits per heavy atom. The van der Waals surface area contributed by atoms with Crippen LogP contribution in [0.5, 0.6) is 5.75 Å². The molecular formula is C23H27N5O. The van der Waals surface area contributed by atoms with Crippen LogP contribution in [-0.4, -0.2) is 35.9 Å². The van der Waals surface area contributed by atoms with Gasteiger partial charge in [-0.05, 0) is 54.3 Å². The van der Waals surface area contributed by atoms with Gasteiger partial charge in [0.2, 0.25) is 0 Å². The number of fused-ring (bicyclic) bond motifs is 1. The van der Waals surface area contributed by atoms with Crippen LogP contribution in [0.2, 0.25) is 0 Å². The summed E-state index contributed by atoms with van der Waals surface area (Å²) in [6.45, 7) is 3.75. The largest absolute Gasteiger partial charge is 0.493 e. The number of ether oxygens (including phenoxy) is 1. The third-order valence-electron chi connectivity index (χ3n) is 5.18. The number of hydrogen-bond acceptors (Lipinski definition) is 3. The number of aromatic nitrogens is 2. The molecule has 0 bridgehead atoms. The predicted molar refractivity (Wildman–Crippen MR) is 116 cm³/mol. The van der Waals surface area contributed by atoms with Crippen LogP contribution in [0.15, 0.2) is 65.9 Å². The highest BCUT2D eigenvalue weighted by atomic mass is 16.5. The third kappa shape index (κ3) is 4.59. The number of aliphatic imine (C=N–C) groups is 1. The van der Waals surface area contributed by atoms with Crippen LogP contribution >= 0.6 is 0 Å². The zero-order valence-electron chi connectivity index (χ0n) is 16.9. The zero-order valence-corrected chi connectivity index (χ0v) is 16.9. The SMILES string of the molecule is CN=C(NCCc1ccc2c(c1)CCO2)NC(C)c1cccc(-n2cccn2)c1. The van der Waals surface area contributed by atoms with Gasteiger partial charge in [-0.15, -0.1) is 0 Å². The average Bonchev–Trinajstić information content (AvgIpc) is 3.44. The van der Waals surface area contributed by atoms with Gasteiger partial charge < -0.3 is 15.4 Å². The Kier molecular flexibility index (Phi) is 5.79. The standard InChI is InChI=1S/C23H27N5O/c1-17(19-5-3-6-21(16-19)28-13-4-11-26-28)27-23(24-2)25-12-9-18-7-8-22-20(15-18)10-14-29-22/h3-8,11,13,15-17H,9-10,12,14H2,1-2H3,(H2,24,25,27). The summed E-state index contributed by atoms with van der Waals surface area (Å²) in [5, 5.41) is 11.2. The Morgan fingerprint density at radius 3 is 3.00 bits per heavy atom. The van der Waals surface area contributed by atoms with E-state index in [-0.39, 0.29) is 6.04 Å². The van der Waals surface area contributed by atoms with E-state index in [4.69, 9.17) is 4.74 Å². The van der Waals surface area contributed by atoms with Crippen molar-refractivity contribution in [2.45, 2.75) is 25.8 Å². The summed E-state index contributed by atoms with van der Waals surface area (Å²) in [5.41, 5.74) is 4.86. The Balaban J connectivity index is 1.32. The fourth-order valence-electron chi connectivity index (χ4n) is 3.56. The van der Waals surface area contributed by atoms with Crippen molar-refractivity contribution < 1.29 is 4.74 Å². The maximum absolute atomic E-state index is 5.58. The molecule has 6 nitrogen and oxygen atoms in total. The Morgan fingerprint density at radius 1 is 1.24 bits per heavy atom. The first kappa shape index (κ1) is 19.1. The lowest BCUT2D eigenvalue weighted by atomic mass is 10.1. The first-order valence-corrected chi connectivity index (χ1v) is 10.0. The van der Waals surface area contributed by atoms with Gasteiger partial charge in [-0.25, -0.2) is 4.68 Å². The molecule has 1 unspecified atom stereocenters. The van der Waals surface area contributed by atoms with Crippen molar-refractivity contribution in [1.29, 1.82) is 0 Å². The summed E-state index contributed by atoms with van der Waals surface area (Å²) < 4.78 is 7.45. The van der Waals surface area contributed by atoms with Gasteiger partial charge in [-0.1, -0.05) is 24.3 Å². The highest BCUT2D eigenvalue weighted by Gasteiger charge is 2.12. The van der Waals surface area contributed by atoms with Gasteiger partial charge >= 0.3 is 0 Å². The van der Waals surface area contributed by atoms with Crippen LogP contribution in [-0.2, 0) is 12.8 Å². The molecular weight excluding hydrogens is 362 g/mol. The lowest BCUT2D eigenvalue weighted by Crippen LogP contribution is -2.39. The van der Waals surface area contributed by atoms with Gasteiger partial charge in [0.05, 0.1) is 18.3 Å². The van der Waals surface area contributed by atoms with E-state index in [0.29, 0.717) is 0 Å². The van der Waals surface area contributed by atoms with Crippen molar-refractivity contribution >= 4 is 5.96 Å². The molecule has 2 heterocycles. The summed E-state index contributed by atoms with van der Waals surface area (Å²) in [7, 11) is 1.80. The monoisotopic (exact) mass is 389 g/mol. The minimum atomic E-state index is 0.119. The molecule has 0 saturated heterocycles. The van der Waals surface area contributed by atoms with Crippen LogP contribution in [0.4, 0.5) is 0 Å². The average molecular weight is 390 g/mol. The predicted octanol–water partition coefficient (Wildman–Crippen LogP) is 3.28. The number of guanidine groups is 1. The van der Waals surface area contributed by atoms with E-state index in [9.17, 15) is 0 Å². The van der Waals surface area contributed by atoms with Gasteiger partial charge in [-0.3, -0.25) is 4.99 Å². The third-order valence-corrected chi connectivity index (χ3v) is 5.18. The molecule has 0 amide bonds. The second kappa shape index (κ2) is 8.82. The highest BCUT2D eigenvalue weighted by molar-refractivity contribution is 5.80. The van der Waals surface area contributed by atoms with Gasteiger partial charge in [0.25, 0.3) is 0 Å². The molecule has 1 aliphatic rings. The number of rotatable bonds is 6. The van der Waals surface area contributed by atoms with Crippen molar-refractivity contribution in [2.24, 2.45) is 4.99 Å². The zero-order chi connectivity index (χ0) is 20.1. The minimum Gasteiger partial charge on any atom is -0.493 e. The van der Waals surface area contributed by atoms with Gasteiger partial charge in [0.15, 0.2) is 5.96 Å². The number of nitrogens with one attached hydrogen (secondary N) is 2. The molecule has 6 heteroatoms. The molecule has 0 fully saturated rings. The van der Waals surface area contributed by atoms with Gasteiger partial charge in [0, 0.05) is 32.4 Å². The van der Waals surface area contributed by atoms with E-state index in [1.165, 1.54) is 16.7 Å². The molecule has 150 valence electrons. The quantitative estimate of drug-likeness (QED) is 0.502. The molecule has 4 rings (SSSR count). The summed E-state index contributed by atoms with van der Waals surface area (Å²) in [5.74, 6) is 1.83. The van der Waals surface area contributed by atoms with Crippen LogP contribution < -0.4 is 15.4 Å². The molecule has 0 saturated carbocycles. The van der Waals surface area contributed by atoms with Crippen LogP contribution in [0.25, 0.3) is 5.69 Å². The molecule has 3 aromatic rings. The normalized spacial score (nSPS) is 14.2. The van der Waals surface area contributed by atoms with E-state index in [1.807, 2.05) is 16.9 Å². The number of nitrogens with zero attached hydrogens (tertiary/aromatic N) is 3. The van der Waals surface area contributed by atoms with E-state index in [1.54, 1.807) is 13.2 Å². The molecule has 1 atom stereocenters. The van der Waals surface area contributed by atoms with Crippen molar-refractivity contribution in [1.82, 2.24) is 20.4 Å². The number of benzene rings is 2. The maximum Gasteiger partial charge on any atom is 0.191 e. The molecule has 2 N–H and O–H groups in total. The molecule has 0 radical (unpaired) electrons. The smallest absolute Gasteiger partial charge is 0.191 e. The molecule has 1 aliphatic heterocycles. The van der Waals surface area contributed by atoms with Crippen molar-refractivity contribution in [3.63, 3.8) is 0 Å². The Labute approximate surface area is 171 Å². The molecule has 29 heavy (non-hydrogen) atoms. The number of hydrogen-bond donors (Lipinski definition) is 2. The van der Waals surface area contributed by atoms with Crippen LogP contribution in [0.3, 0.4) is 0 Å². The topological polar surface area (TPSA) is 63.5 Å². The van der Waals surface area contributed by atoms with E-state index >= 15 is 0 Å². The summed E-state index contributed by atoms with van der Waals surface area (Å²) in [6, 6.07) is 16.9. The second-order valence-electron chi connectivity index (χ2n) is 7.20. The second-order valence-corrected chi connectivity index (χ2v) is 7.20. The molecule has 0 aliphatic carbocycles. The maximum atomic E-state index is 5.58. The minimum absolute atomic E-state index is 0.119. The van der Waals surface area contributed by atoms with Crippen LogP contribution in [0.1, 0.15) is 29.7 Å². The molecule has 2 aromatic carbocycles. The van der Waals surface area contributed by atoms with E-state index in [0.717, 1.165) is 43.4 Å². The van der Waals surface area contributed by atoms with E-state index < -0.39 is 0 Å². The summed E-state index contributed by atoms with van der Waals surface area (Å²) in [6.07, 6.45) is 5.68. The fraction of sp³-hybridized carbons (Fsp3) is 0.304. The van der Waals surface area contributed by atoms with Gasteiger partial charge in [0.1, 0.15) is 5.75 Å². The van der Waals surface area contributed by atoms with Crippen molar-refractivity contribution in [3.8, 4) is 11.4 Å².